The predicted octanol–water partition coefficient (Wildman–Crippen LogP) is 1.36. The van der Waals surface area contributed by atoms with Gasteiger partial charge in [0.25, 0.3) is 0 Å². The van der Waals surface area contributed by atoms with E-state index in [2.05, 4.69) is 5.32 Å². The zero-order valence-corrected chi connectivity index (χ0v) is 14.2. The molecule has 0 radical (unpaired) electrons. The maximum absolute atomic E-state index is 12.7. The van der Waals surface area contributed by atoms with Crippen molar-refractivity contribution in [2.24, 2.45) is 5.92 Å². The number of ether oxygens (including phenoxy) is 1. The third-order valence-electron chi connectivity index (χ3n) is 7.51. The summed E-state index contributed by atoms with van der Waals surface area (Å²) in [5.41, 5.74) is 1.72. The molecule has 3 fully saturated rings. The first-order valence-electron chi connectivity index (χ1n) is 9.58. The molecule has 4 atom stereocenters. The molecule has 1 aromatic carbocycles. The number of phenolic OH excluding ortho intramolecular Hbond substituents is 1. The Balaban J connectivity index is 1.65. The van der Waals surface area contributed by atoms with Crippen LogP contribution in [0.5, 0.6) is 11.5 Å². The highest BCUT2D eigenvalue weighted by molar-refractivity contribution is 5.90. The van der Waals surface area contributed by atoms with Gasteiger partial charge in [-0.05, 0) is 68.2 Å². The Bertz CT molecular complexity index is 816. The number of piperidine rings is 1. The van der Waals surface area contributed by atoms with Gasteiger partial charge in [0.2, 0.25) is 0 Å². The number of aromatic hydroxyl groups is 1. The normalized spacial score (nSPS) is 40.6. The summed E-state index contributed by atoms with van der Waals surface area (Å²) in [6.45, 7) is 0.770. The fraction of sp³-hybridized carbons (Fsp3) is 0.650. The van der Waals surface area contributed by atoms with E-state index < -0.39 is 17.1 Å². The number of carbonyl (C=O) groups excluding carboxylic acids is 1. The van der Waals surface area contributed by atoms with Crippen LogP contribution < -0.4 is 10.1 Å². The molecule has 3 N–H and O–H groups in total. The van der Waals surface area contributed by atoms with Gasteiger partial charge < -0.3 is 20.3 Å². The average molecular weight is 341 g/mol. The Morgan fingerprint density at radius 3 is 2.96 bits per heavy atom. The first-order chi connectivity index (χ1) is 12.0. The number of aliphatic hydroxyl groups is 1. The van der Waals surface area contributed by atoms with Gasteiger partial charge in [-0.25, -0.2) is 0 Å². The third-order valence-corrected chi connectivity index (χ3v) is 7.51. The van der Waals surface area contributed by atoms with Crippen molar-refractivity contribution in [3.8, 4) is 11.5 Å². The lowest BCUT2D eigenvalue weighted by Gasteiger charge is -2.59. The molecular formula is C20H23NO4. The highest BCUT2D eigenvalue weighted by Crippen LogP contribution is 2.64. The number of hydrogen-bond acceptors (Lipinski definition) is 5. The van der Waals surface area contributed by atoms with Gasteiger partial charge >= 0.3 is 0 Å². The van der Waals surface area contributed by atoms with E-state index in [0.29, 0.717) is 30.9 Å². The molecule has 2 bridgehead atoms. The van der Waals surface area contributed by atoms with E-state index in [-0.39, 0.29) is 17.6 Å². The number of nitrogens with one attached hydrogen (secondary N) is 1. The van der Waals surface area contributed by atoms with Crippen LogP contribution in [-0.2, 0) is 23.1 Å². The maximum Gasteiger partial charge on any atom is 0.174 e. The molecule has 0 amide bonds. The van der Waals surface area contributed by atoms with Crippen molar-refractivity contribution in [1.29, 1.82) is 0 Å². The van der Waals surface area contributed by atoms with Gasteiger partial charge in [-0.3, -0.25) is 4.79 Å². The SMILES string of the molecule is O=C1CCC2(O)[C@H]3Cc4c(CC5CC5)cc(O)c5c4[C@@]2(CCN3)C1O5. The standard InChI is InChI=1S/C20H23NO4/c22-13-3-4-20(24)15-9-12-11(7-10-1-2-10)8-14(23)17-16(12)19(20,5-6-21-15)18(13)25-17/h8,10,15,18,21,23-24H,1-7,9H2/t15-,18?,19+,20?/m1/s1. The van der Waals surface area contributed by atoms with E-state index in [1.165, 1.54) is 24.0 Å². The molecule has 132 valence electrons. The Morgan fingerprint density at radius 2 is 2.16 bits per heavy atom. The molecule has 0 aromatic heterocycles. The van der Waals surface area contributed by atoms with Gasteiger partial charge in [0.1, 0.15) is 0 Å². The molecule has 1 saturated heterocycles. The Hall–Kier alpha value is -1.59. The lowest BCUT2D eigenvalue weighted by Crippen LogP contribution is -2.76. The molecule has 5 aliphatic rings. The molecule has 2 unspecified atom stereocenters. The predicted molar refractivity (Wildman–Crippen MR) is 89.9 cm³/mol. The van der Waals surface area contributed by atoms with Crippen LogP contribution >= 0.6 is 0 Å². The second-order valence-corrected chi connectivity index (χ2v) is 8.71. The average Bonchev–Trinajstić information content (AvgIpc) is 3.30. The van der Waals surface area contributed by atoms with Crippen LogP contribution in [0.25, 0.3) is 0 Å². The smallest absolute Gasteiger partial charge is 0.174 e. The summed E-state index contributed by atoms with van der Waals surface area (Å²) < 4.78 is 6.08. The van der Waals surface area contributed by atoms with Crippen LogP contribution in [0, 0.1) is 5.92 Å². The summed E-state index contributed by atoms with van der Waals surface area (Å²) in [5.74, 6) is 1.39. The highest BCUT2D eigenvalue weighted by atomic mass is 16.5. The van der Waals surface area contributed by atoms with Crippen LogP contribution in [0.3, 0.4) is 0 Å². The number of ketones is 1. The van der Waals surface area contributed by atoms with Gasteiger partial charge in [0, 0.05) is 18.0 Å². The summed E-state index contributed by atoms with van der Waals surface area (Å²) in [4.78, 5) is 12.7. The van der Waals surface area contributed by atoms with Gasteiger partial charge in [0.15, 0.2) is 23.4 Å². The second kappa shape index (κ2) is 4.38. The first-order valence-corrected chi connectivity index (χ1v) is 9.58. The fourth-order valence-corrected chi connectivity index (χ4v) is 6.20. The quantitative estimate of drug-likeness (QED) is 0.757. The van der Waals surface area contributed by atoms with Crippen LogP contribution in [0.15, 0.2) is 6.07 Å². The van der Waals surface area contributed by atoms with Crippen molar-refractivity contribution >= 4 is 5.78 Å². The molecule has 1 aromatic rings. The van der Waals surface area contributed by atoms with Crippen molar-refractivity contribution < 1.29 is 19.7 Å². The summed E-state index contributed by atoms with van der Waals surface area (Å²) >= 11 is 0. The molecule has 5 nitrogen and oxygen atoms in total. The van der Waals surface area contributed by atoms with E-state index in [9.17, 15) is 15.0 Å². The van der Waals surface area contributed by atoms with Crippen LogP contribution in [0.2, 0.25) is 0 Å². The molecule has 1 spiro atoms. The number of Topliss-reactive ketones (excluding diaryl/α,β-unsaturated/α-hetero) is 1. The van der Waals surface area contributed by atoms with Gasteiger partial charge in [-0.15, -0.1) is 0 Å². The lowest BCUT2D eigenvalue weighted by atomic mass is 9.49. The van der Waals surface area contributed by atoms with E-state index in [0.717, 1.165) is 24.9 Å². The number of benzene rings is 1. The minimum Gasteiger partial charge on any atom is -0.504 e. The molecule has 5 heteroatoms. The van der Waals surface area contributed by atoms with Gasteiger partial charge in [-0.1, -0.05) is 0 Å². The van der Waals surface area contributed by atoms with Crippen molar-refractivity contribution in [1.82, 2.24) is 5.32 Å². The zero-order valence-electron chi connectivity index (χ0n) is 14.2. The van der Waals surface area contributed by atoms with Crippen LogP contribution in [0.1, 0.15) is 48.8 Å². The maximum atomic E-state index is 12.7. The molecule has 2 aliphatic heterocycles. The Kier molecular flexibility index (Phi) is 2.55. The molecule has 6 rings (SSSR count). The molecule has 3 aliphatic carbocycles. The number of rotatable bonds is 2. The van der Waals surface area contributed by atoms with Gasteiger partial charge in [-0.2, -0.15) is 0 Å². The van der Waals surface area contributed by atoms with E-state index in [4.69, 9.17) is 4.74 Å². The third kappa shape index (κ3) is 1.56. The van der Waals surface area contributed by atoms with E-state index in [1.807, 2.05) is 6.07 Å². The molecular weight excluding hydrogens is 318 g/mol. The van der Waals surface area contributed by atoms with Crippen LogP contribution in [-0.4, -0.2) is 40.3 Å². The largest absolute Gasteiger partial charge is 0.504 e. The molecule has 2 saturated carbocycles. The summed E-state index contributed by atoms with van der Waals surface area (Å²) in [7, 11) is 0. The zero-order chi connectivity index (χ0) is 17.0. The number of phenols is 1. The van der Waals surface area contributed by atoms with E-state index >= 15 is 0 Å². The number of carbonyl (C=O) groups is 1. The van der Waals surface area contributed by atoms with Crippen molar-refractivity contribution in [2.75, 3.05) is 6.54 Å². The Morgan fingerprint density at radius 1 is 1.32 bits per heavy atom. The minimum atomic E-state index is -0.966. The second-order valence-electron chi connectivity index (χ2n) is 8.71. The summed E-state index contributed by atoms with van der Waals surface area (Å²) in [6, 6.07) is 1.81. The Labute approximate surface area is 146 Å². The molecule has 2 heterocycles. The van der Waals surface area contributed by atoms with E-state index in [1.54, 1.807) is 0 Å². The summed E-state index contributed by atoms with van der Waals surface area (Å²) in [5, 5.41) is 25.9. The van der Waals surface area contributed by atoms with Crippen molar-refractivity contribution in [3.63, 3.8) is 0 Å². The first kappa shape index (κ1) is 14.6. The fourth-order valence-electron chi connectivity index (χ4n) is 6.20. The van der Waals surface area contributed by atoms with Crippen LogP contribution in [0.4, 0.5) is 0 Å². The highest BCUT2D eigenvalue weighted by Gasteiger charge is 2.72. The van der Waals surface area contributed by atoms with Gasteiger partial charge in [0.05, 0.1) is 11.0 Å². The minimum absolute atomic E-state index is 0.0404. The molecule has 25 heavy (non-hydrogen) atoms. The van der Waals surface area contributed by atoms with Crippen molar-refractivity contribution in [2.45, 2.75) is 68.1 Å². The monoisotopic (exact) mass is 341 g/mol. The number of hydrogen-bond donors (Lipinski definition) is 3. The topological polar surface area (TPSA) is 78.8 Å². The van der Waals surface area contributed by atoms with Crippen molar-refractivity contribution in [3.05, 3.63) is 22.8 Å². The lowest BCUT2D eigenvalue weighted by molar-refractivity contribution is -0.166. The summed E-state index contributed by atoms with van der Waals surface area (Å²) in [6.07, 6.45) is 5.12.